The normalized spacial score (nSPS) is 10.7. The number of benzene rings is 1. The van der Waals surface area contributed by atoms with E-state index in [1.165, 1.54) is 0 Å². The molecule has 0 amide bonds. The van der Waals surface area contributed by atoms with Gasteiger partial charge in [-0.1, -0.05) is 31.2 Å². The number of Topliss-reactive ketones (excluding diaryl/α,β-unsaturated/α-hetero) is 1. The van der Waals surface area contributed by atoms with Crippen LogP contribution in [0, 0.1) is 6.92 Å². The lowest BCUT2D eigenvalue weighted by Gasteiger charge is -2.06. The van der Waals surface area contributed by atoms with Crippen molar-refractivity contribution in [1.29, 1.82) is 0 Å². The van der Waals surface area contributed by atoms with Gasteiger partial charge in [-0.2, -0.15) is 5.10 Å². The van der Waals surface area contributed by atoms with Crippen molar-refractivity contribution in [3.63, 3.8) is 0 Å². The molecule has 0 aliphatic carbocycles. The van der Waals surface area contributed by atoms with Crippen LogP contribution in [0.15, 0.2) is 30.3 Å². The van der Waals surface area contributed by atoms with Gasteiger partial charge in [0.15, 0.2) is 5.78 Å². The van der Waals surface area contributed by atoms with Crippen molar-refractivity contribution in [2.75, 3.05) is 0 Å². The second-order valence-corrected chi connectivity index (χ2v) is 4.72. The Kier molecular flexibility index (Phi) is 4.15. The first-order chi connectivity index (χ1) is 9.15. The van der Waals surface area contributed by atoms with Crippen LogP contribution in [0.1, 0.15) is 41.2 Å². The predicted molar refractivity (Wildman–Crippen MR) is 76.5 cm³/mol. The minimum absolute atomic E-state index is 0.142. The summed E-state index contributed by atoms with van der Waals surface area (Å²) in [5, 5.41) is 4.43. The molecule has 1 aromatic heterocycles. The maximum Gasteiger partial charge on any atom is 0.185 e. The quantitative estimate of drug-likeness (QED) is 0.770. The highest BCUT2D eigenvalue weighted by Crippen LogP contribution is 2.13. The molecule has 1 heterocycles. The first kappa shape index (κ1) is 13.5. The Labute approximate surface area is 114 Å². The lowest BCUT2D eigenvalue weighted by molar-refractivity contribution is 0.0982. The minimum atomic E-state index is 0.142. The van der Waals surface area contributed by atoms with Crippen LogP contribution in [0.5, 0.6) is 0 Å². The van der Waals surface area contributed by atoms with Crippen LogP contribution in [0.25, 0.3) is 0 Å². The summed E-state index contributed by atoms with van der Waals surface area (Å²) in [4.78, 5) is 12.4. The molecule has 3 heteroatoms. The van der Waals surface area contributed by atoms with Gasteiger partial charge in [0.1, 0.15) is 5.69 Å². The van der Waals surface area contributed by atoms with E-state index in [1.807, 2.05) is 44.2 Å². The SMILES string of the molecule is CCc1cc(C(=O)Cc2ccccc2C)n(CC)n1. The van der Waals surface area contributed by atoms with Crippen molar-refractivity contribution in [3.05, 3.63) is 52.8 Å². The zero-order chi connectivity index (χ0) is 13.8. The van der Waals surface area contributed by atoms with E-state index in [0.29, 0.717) is 6.42 Å². The minimum Gasteiger partial charge on any atom is -0.292 e. The fourth-order valence-corrected chi connectivity index (χ4v) is 2.18. The highest BCUT2D eigenvalue weighted by molar-refractivity contribution is 5.96. The van der Waals surface area contributed by atoms with Gasteiger partial charge in [0.2, 0.25) is 0 Å². The lowest BCUT2D eigenvalue weighted by atomic mass is 10.0. The fourth-order valence-electron chi connectivity index (χ4n) is 2.18. The smallest absolute Gasteiger partial charge is 0.185 e. The number of carbonyl (C=O) groups excluding carboxylic acids is 1. The molecular weight excluding hydrogens is 236 g/mol. The van der Waals surface area contributed by atoms with E-state index in [2.05, 4.69) is 12.0 Å². The Balaban J connectivity index is 2.25. The summed E-state index contributed by atoms with van der Waals surface area (Å²) in [6.45, 7) is 6.83. The summed E-state index contributed by atoms with van der Waals surface area (Å²) in [5.41, 5.74) is 3.96. The maximum atomic E-state index is 12.4. The Bertz CT molecular complexity index is 584. The van der Waals surface area contributed by atoms with Crippen LogP contribution in [-0.4, -0.2) is 15.6 Å². The van der Waals surface area contributed by atoms with E-state index in [-0.39, 0.29) is 5.78 Å². The number of hydrogen-bond donors (Lipinski definition) is 0. The molecule has 0 radical (unpaired) electrons. The van der Waals surface area contributed by atoms with Gasteiger partial charge in [0, 0.05) is 13.0 Å². The van der Waals surface area contributed by atoms with E-state index in [0.717, 1.165) is 35.5 Å². The zero-order valence-corrected chi connectivity index (χ0v) is 11.8. The Morgan fingerprint density at radius 1 is 1.26 bits per heavy atom. The highest BCUT2D eigenvalue weighted by Gasteiger charge is 2.15. The van der Waals surface area contributed by atoms with Crippen LogP contribution in [-0.2, 0) is 19.4 Å². The molecule has 0 saturated heterocycles. The molecule has 2 rings (SSSR count). The molecule has 0 bridgehead atoms. The van der Waals surface area contributed by atoms with Crippen molar-refractivity contribution >= 4 is 5.78 Å². The number of nitrogens with zero attached hydrogens (tertiary/aromatic N) is 2. The summed E-state index contributed by atoms with van der Waals surface area (Å²) in [6.07, 6.45) is 1.30. The first-order valence-electron chi connectivity index (χ1n) is 6.80. The van der Waals surface area contributed by atoms with Crippen molar-refractivity contribution in [3.8, 4) is 0 Å². The van der Waals surface area contributed by atoms with Gasteiger partial charge in [0.25, 0.3) is 0 Å². The number of aromatic nitrogens is 2. The van der Waals surface area contributed by atoms with Crippen LogP contribution < -0.4 is 0 Å². The Morgan fingerprint density at radius 3 is 2.63 bits per heavy atom. The summed E-state index contributed by atoms with van der Waals surface area (Å²) >= 11 is 0. The van der Waals surface area contributed by atoms with Gasteiger partial charge in [0.05, 0.1) is 5.69 Å². The average Bonchev–Trinajstić information content (AvgIpc) is 2.84. The van der Waals surface area contributed by atoms with Gasteiger partial charge in [-0.15, -0.1) is 0 Å². The van der Waals surface area contributed by atoms with E-state index in [4.69, 9.17) is 0 Å². The molecule has 0 spiro atoms. The Morgan fingerprint density at radius 2 is 2.00 bits per heavy atom. The molecule has 0 atom stereocenters. The number of ketones is 1. The molecule has 0 saturated carbocycles. The van der Waals surface area contributed by atoms with Gasteiger partial charge < -0.3 is 0 Å². The first-order valence-corrected chi connectivity index (χ1v) is 6.80. The molecule has 1 aromatic carbocycles. The molecule has 0 unspecified atom stereocenters. The number of rotatable bonds is 5. The average molecular weight is 256 g/mol. The topological polar surface area (TPSA) is 34.9 Å². The molecule has 0 N–H and O–H groups in total. The molecule has 2 aromatic rings. The number of aryl methyl sites for hydroxylation is 3. The third-order valence-corrected chi connectivity index (χ3v) is 3.39. The molecule has 100 valence electrons. The summed E-state index contributed by atoms with van der Waals surface area (Å²) in [5.74, 6) is 0.142. The summed E-state index contributed by atoms with van der Waals surface area (Å²) in [7, 11) is 0. The number of hydrogen-bond acceptors (Lipinski definition) is 2. The molecule has 0 fully saturated rings. The van der Waals surface area contributed by atoms with Crippen LogP contribution in [0.3, 0.4) is 0 Å². The highest BCUT2D eigenvalue weighted by atomic mass is 16.1. The second-order valence-electron chi connectivity index (χ2n) is 4.72. The van der Waals surface area contributed by atoms with E-state index < -0.39 is 0 Å². The molecule has 0 aliphatic heterocycles. The zero-order valence-electron chi connectivity index (χ0n) is 11.8. The van der Waals surface area contributed by atoms with Crippen LogP contribution >= 0.6 is 0 Å². The fraction of sp³-hybridized carbons (Fsp3) is 0.375. The van der Waals surface area contributed by atoms with Crippen LogP contribution in [0.2, 0.25) is 0 Å². The second kappa shape index (κ2) is 5.83. The third kappa shape index (κ3) is 2.92. The molecule has 19 heavy (non-hydrogen) atoms. The molecule has 0 aliphatic rings. The third-order valence-electron chi connectivity index (χ3n) is 3.39. The Hall–Kier alpha value is -1.90. The maximum absolute atomic E-state index is 12.4. The molecular formula is C16H20N2O. The van der Waals surface area contributed by atoms with Gasteiger partial charge in [-0.05, 0) is 37.5 Å². The summed E-state index contributed by atoms with van der Waals surface area (Å²) < 4.78 is 1.80. The lowest BCUT2D eigenvalue weighted by Crippen LogP contribution is -2.12. The summed E-state index contributed by atoms with van der Waals surface area (Å²) in [6, 6.07) is 9.95. The number of carbonyl (C=O) groups is 1. The standard InChI is InChI=1S/C16H20N2O/c1-4-14-11-15(18(5-2)17-14)16(19)10-13-9-7-6-8-12(13)3/h6-9,11H,4-5,10H2,1-3H3. The van der Waals surface area contributed by atoms with Crippen molar-refractivity contribution < 1.29 is 4.79 Å². The van der Waals surface area contributed by atoms with Crippen molar-refractivity contribution in [1.82, 2.24) is 9.78 Å². The van der Waals surface area contributed by atoms with Crippen molar-refractivity contribution in [2.24, 2.45) is 0 Å². The van der Waals surface area contributed by atoms with Crippen LogP contribution in [0.4, 0.5) is 0 Å². The van der Waals surface area contributed by atoms with E-state index >= 15 is 0 Å². The molecule has 3 nitrogen and oxygen atoms in total. The van der Waals surface area contributed by atoms with E-state index in [9.17, 15) is 4.79 Å². The largest absolute Gasteiger partial charge is 0.292 e. The van der Waals surface area contributed by atoms with Crippen molar-refractivity contribution in [2.45, 2.75) is 40.2 Å². The monoisotopic (exact) mass is 256 g/mol. The van der Waals surface area contributed by atoms with Gasteiger partial charge in [-0.25, -0.2) is 0 Å². The van der Waals surface area contributed by atoms with Gasteiger partial charge in [-0.3, -0.25) is 9.48 Å². The predicted octanol–water partition coefficient (Wildman–Crippen LogP) is 3.20. The van der Waals surface area contributed by atoms with E-state index in [1.54, 1.807) is 4.68 Å². The van der Waals surface area contributed by atoms with Gasteiger partial charge >= 0.3 is 0 Å².